The van der Waals surface area contributed by atoms with Crippen molar-refractivity contribution in [2.24, 2.45) is 5.41 Å². The van der Waals surface area contributed by atoms with Gasteiger partial charge in [0.1, 0.15) is 5.76 Å². The fourth-order valence-electron chi connectivity index (χ4n) is 1.39. The summed E-state index contributed by atoms with van der Waals surface area (Å²) < 4.78 is 5.17. The highest BCUT2D eigenvalue weighted by Crippen LogP contribution is 2.15. The van der Waals surface area contributed by atoms with Gasteiger partial charge < -0.3 is 14.8 Å². The third kappa shape index (κ3) is 4.61. The summed E-state index contributed by atoms with van der Waals surface area (Å²) in [5.41, 5.74) is -1.44. The number of hydrogen-bond donors (Lipinski definition) is 2. The number of rotatable bonds is 4. The summed E-state index contributed by atoms with van der Waals surface area (Å²) in [4.78, 5) is 11.7. The van der Waals surface area contributed by atoms with Crippen molar-refractivity contribution in [1.29, 1.82) is 0 Å². The van der Waals surface area contributed by atoms with Gasteiger partial charge in [-0.05, 0) is 19.1 Å². The predicted octanol–water partition coefficient (Wildman–Crippen LogP) is 1.74. The largest absolute Gasteiger partial charge is 0.469 e. The minimum atomic E-state index is -1.00. The van der Waals surface area contributed by atoms with Crippen molar-refractivity contribution in [2.45, 2.75) is 39.7 Å². The minimum Gasteiger partial charge on any atom is -0.469 e. The summed E-state index contributed by atoms with van der Waals surface area (Å²) in [6.45, 7) is 7.40. The Morgan fingerprint density at radius 1 is 1.41 bits per heavy atom. The van der Waals surface area contributed by atoms with Crippen LogP contribution in [-0.4, -0.2) is 23.2 Å². The summed E-state index contributed by atoms with van der Waals surface area (Å²) >= 11 is 0. The van der Waals surface area contributed by atoms with Crippen molar-refractivity contribution < 1.29 is 14.3 Å². The molecule has 1 rings (SSSR count). The van der Waals surface area contributed by atoms with Gasteiger partial charge in [0.05, 0.1) is 11.9 Å². The maximum Gasteiger partial charge on any atom is 0.225 e. The van der Waals surface area contributed by atoms with Crippen LogP contribution in [0.1, 0.15) is 33.5 Å². The Kier molecular flexibility index (Phi) is 3.98. The van der Waals surface area contributed by atoms with Crippen LogP contribution in [0, 0.1) is 5.41 Å². The van der Waals surface area contributed by atoms with Crippen molar-refractivity contribution >= 4 is 5.91 Å². The van der Waals surface area contributed by atoms with Gasteiger partial charge in [0.25, 0.3) is 0 Å². The van der Waals surface area contributed by atoms with Gasteiger partial charge in [-0.25, -0.2) is 0 Å². The van der Waals surface area contributed by atoms with Crippen LogP contribution in [0.4, 0.5) is 0 Å². The van der Waals surface area contributed by atoms with E-state index in [2.05, 4.69) is 5.32 Å². The molecule has 0 bridgehead atoms. The first-order valence-electron chi connectivity index (χ1n) is 5.74. The number of amides is 1. The highest BCUT2D eigenvalue weighted by Gasteiger charge is 2.27. The van der Waals surface area contributed by atoms with E-state index in [1.165, 1.54) is 0 Å². The Balaban J connectivity index is 2.47. The highest BCUT2D eigenvalue weighted by atomic mass is 16.3. The molecule has 4 heteroatoms. The van der Waals surface area contributed by atoms with E-state index in [-0.39, 0.29) is 12.5 Å². The molecular weight excluding hydrogens is 218 g/mol. The summed E-state index contributed by atoms with van der Waals surface area (Å²) in [5, 5.41) is 12.9. The molecule has 17 heavy (non-hydrogen) atoms. The van der Waals surface area contributed by atoms with Crippen molar-refractivity contribution in [3.05, 3.63) is 24.2 Å². The lowest BCUT2D eigenvalue weighted by molar-refractivity contribution is -0.129. The lowest BCUT2D eigenvalue weighted by Gasteiger charge is -2.25. The van der Waals surface area contributed by atoms with E-state index in [4.69, 9.17) is 4.42 Å². The second-order valence-electron chi connectivity index (χ2n) is 5.69. The van der Waals surface area contributed by atoms with E-state index in [1.54, 1.807) is 25.3 Å². The van der Waals surface area contributed by atoms with Gasteiger partial charge in [-0.15, -0.1) is 0 Å². The molecule has 0 aliphatic carbocycles. The molecule has 0 spiro atoms. The van der Waals surface area contributed by atoms with Crippen LogP contribution in [-0.2, 0) is 11.2 Å². The van der Waals surface area contributed by atoms with Crippen molar-refractivity contribution in [2.75, 3.05) is 6.54 Å². The molecule has 0 aromatic carbocycles. The van der Waals surface area contributed by atoms with Crippen molar-refractivity contribution in [3.63, 3.8) is 0 Å². The van der Waals surface area contributed by atoms with Gasteiger partial charge in [0.15, 0.2) is 0 Å². The predicted molar refractivity (Wildman–Crippen MR) is 65.5 cm³/mol. The van der Waals surface area contributed by atoms with E-state index in [1.807, 2.05) is 20.8 Å². The third-order valence-corrected chi connectivity index (χ3v) is 2.45. The van der Waals surface area contributed by atoms with Crippen LogP contribution in [0.25, 0.3) is 0 Å². The number of aliphatic hydroxyl groups is 1. The quantitative estimate of drug-likeness (QED) is 0.841. The lowest BCUT2D eigenvalue weighted by atomic mass is 9.94. The first kappa shape index (κ1) is 13.8. The topological polar surface area (TPSA) is 62.5 Å². The number of nitrogens with one attached hydrogen (secondary N) is 1. The third-order valence-electron chi connectivity index (χ3n) is 2.45. The van der Waals surface area contributed by atoms with E-state index >= 15 is 0 Å². The molecule has 1 amide bonds. The Hall–Kier alpha value is -1.29. The van der Waals surface area contributed by atoms with Crippen molar-refractivity contribution in [3.8, 4) is 0 Å². The number of carbonyl (C=O) groups is 1. The maximum atomic E-state index is 11.7. The summed E-state index contributed by atoms with van der Waals surface area (Å²) in [6.07, 6.45) is 1.95. The number of furan rings is 1. The fraction of sp³-hybridized carbons (Fsp3) is 0.615. The molecule has 0 saturated carbocycles. The number of hydrogen-bond acceptors (Lipinski definition) is 3. The Morgan fingerprint density at radius 2 is 2.06 bits per heavy atom. The smallest absolute Gasteiger partial charge is 0.225 e. The molecule has 0 radical (unpaired) electrons. The molecule has 0 saturated heterocycles. The van der Waals surface area contributed by atoms with E-state index in [9.17, 15) is 9.90 Å². The lowest BCUT2D eigenvalue weighted by Crippen LogP contribution is -2.45. The van der Waals surface area contributed by atoms with Gasteiger partial charge in [-0.1, -0.05) is 20.8 Å². The van der Waals surface area contributed by atoms with Gasteiger partial charge >= 0.3 is 0 Å². The molecule has 1 aromatic heterocycles. The zero-order valence-electron chi connectivity index (χ0n) is 10.9. The van der Waals surface area contributed by atoms with Crippen LogP contribution in [0.2, 0.25) is 0 Å². The van der Waals surface area contributed by atoms with Crippen LogP contribution >= 0.6 is 0 Å². The van der Waals surface area contributed by atoms with Crippen LogP contribution < -0.4 is 5.32 Å². The normalized spacial score (nSPS) is 15.4. The van der Waals surface area contributed by atoms with E-state index in [0.29, 0.717) is 12.2 Å². The Bertz CT molecular complexity index is 361. The Morgan fingerprint density at radius 3 is 2.53 bits per heavy atom. The zero-order valence-corrected chi connectivity index (χ0v) is 10.9. The standard InChI is InChI=1S/C13H21NO3/c1-12(2,3)11(15)14-9-13(4,16)8-10-6-5-7-17-10/h5-7,16H,8-9H2,1-4H3,(H,14,15). The average Bonchev–Trinajstić information content (AvgIpc) is 2.64. The second kappa shape index (κ2) is 4.92. The minimum absolute atomic E-state index is 0.0720. The number of carbonyl (C=O) groups excluding carboxylic acids is 1. The molecule has 1 atom stereocenters. The van der Waals surface area contributed by atoms with Crippen molar-refractivity contribution in [1.82, 2.24) is 5.32 Å². The molecule has 2 N–H and O–H groups in total. The van der Waals surface area contributed by atoms with Gasteiger partial charge in [0.2, 0.25) is 5.91 Å². The molecule has 4 nitrogen and oxygen atoms in total. The molecule has 1 aromatic rings. The molecule has 96 valence electrons. The van der Waals surface area contributed by atoms with E-state index < -0.39 is 11.0 Å². The first-order chi connectivity index (χ1) is 7.71. The zero-order chi connectivity index (χ0) is 13.1. The molecule has 0 aliphatic rings. The maximum absolute atomic E-state index is 11.7. The molecule has 0 fully saturated rings. The highest BCUT2D eigenvalue weighted by molar-refractivity contribution is 5.81. The summed E-state index contributed by atoms with van der Waals surface area (Å²) in [5.74, 6) is 0.636. The monoisotopic (exact) mass is 239 g/mol. The second-order valence-corrected chi connectivity index (χ2v) is 5.69. The Labute approximate surface area is 102 Å². The molecule has 1 heterocycles. The van der Waals surface area contributed by atoms with Gasteiger partial charge in [0, 0.05) is 18.4 Å². The fourth-order valence-corrected chi connectivity index (χ4v) is 1.39. The van der Waals surface area contributed by atoms with Gasteiger partial charge in [-0.2, -0.15) is 0 Å². The van der Waals surface area contributed by atoms with Crippen LogP contribution in [0.5, 0.6) is 0 Å². The average molecular weight is 239 g/mol. The first-order valence-corrected chi connectivity index (χ1v) is 5.74. The molecular formula is C13H21NO3. The molecule has 1 unspecified atom stereocenters. The van der Waals surface area contributed by atoms with E-state index in [0.717, 1.165) is 0 Å². The SMILES string of the molecule is CC(O)(CNC(=O)C(C)(C)C)Cc1ccco1. The molecule has 0 aliphatic heterocycles. The van der Waals surface area contributed by atoms with Crippen LogP contribution in [0.3, 0.4) is 0 Å². The summed E-state index contributed by atoms with van der Waals surface area (Å²) in [6, 6.07) is 3.58. The summed E-state index contributed by atoms with van der Waals surface area (Å²) in [7, 11) is 0. The van der Waals surface area contributed by atoms with Gasteiger partial charge in [-0.3, -0.25) is 4.79 Å². The van der Waals surface area contributed by atoms with Crippen LogP contribution in [0.15, 0.2) is 22.8 Å².